The topological polar surface area (TPSA) is 543 Å². The summed E-state index contributed by atoms with van der Waals surface area (Å²) in [5.74, 6) is 11.8. The first-order valence-corrected chi connectivity index (χ1v) is 45.4. The number of amides is 4. The summed E-state index contributed by atoms with van der Waals surface area (Å²) >= 11 is 10.2. The van der Waals surface area contributed by atoms with Gasteiger partial charge >= 0.3 is 0 Å². The molecule has 24 N–H and O–H groups in total. The molecule has 4 atom stereocenters. The zero-order valence-electron chi connectivity index (χ0n) is 71.6. The second-order valence-electron chi connectivity index (χ2n) is 28.6. The second kappa shape index (κ2) is 48.3. The molecule has 1 aromatic heterocycles. The van der Waals surface area contributed by atoms with Gasteiger partial charge in [0.15, 0.2) is 29.1 Å². The summed E-state index contributed by atoms with van der Waals surface area (Å²) in [6.45, 7) is 5.76. The number of allylic oxidation sites excluding steroid dienone is 4. The summed E-state index contributed by atoms with van der Waals surface area (Å²) in [5, 5.41) is 48.4. The molecule has 12 aromatic carbocycles. The van der Waals surface area contributed by atoms with Crippen LogP contribution in [-0.2, 0) is 80.6 Å². The summed E-state index contributed by atoms with van der Waals surface area (Å²) in [5.41, 5.74) is 31.2. The van der Waals surface area contributed by atoms with E-state index in [1.54, 1.807) is 231 Å². The number of hydrogen-bond acceptors (Lipinski definition) is 27. The fraction of sp³-hybridized carbons (Fsp3) is 0.0426. The highest BCUT2D eigenvalue weighted by Crippen LogP contribution is 2.40. The Morgan fingerprint density at radius 2 is 0.669 bits per heavy atom. The Balaban J connectivity index is 0.000000187. The molecule has 700 valence electrons. The van der Waals surface area contributed by atoms with E-state index in [2.05, 4.69) is 99.1 Å². The Bertz CT molecular complexity index is 7140. The Labute approximate surface area is 807 Å². The van der Waals surface area contributed by atoms with Gasteiger partial charge in [-0.15, -0.1) is 50.5 Å². The van der Waals surface area contributed by atoms with E-state index < -0.39 is 91.3 Å². The molecule has 4 amide bonds. The fourth-order valence-electron chi connectivity index (χ4n) is 13.0. The highest BCUT2D eigenvalue weighted by atomic mass is 32.2. The number of hydrogen-bond donors (Lipinski definition) is 20. The number of nitrogens with zero attached hydrogens (tertiary/aromatic N) is 2. The third kappa shape index (κ3) is 26.0. The standard InChI is InChI=1S/C25H21FN4O3S2.2C23H21FN4O4S2.C23H21FN4O3S2/c1-14(16-7-6-15-10-11-29-24(27)19(15)12-16)23(26)25(31)30-20-9-8-17(13-21(20)34)18-4-2-3-5-22(18)35(32)33-28;1-13(14-5-4-6-16(11-14)22(25)28-30)21(24)23(29)27-18-10-9-15(12-19(18)33)17-7-2-3-8-20(17)34(31)32-26;1-12(16-10-14(22(25)26)7-9-18(16)29)21(24)23(30)28-17-8-6-13(11-19(17)33)15-4-2-3-5-20(15)34(31)32-27;1-13(14-5-4-6-16(11-14)22(25)26)21(24)23(29)28-18-10-9-15(12-19(18)32)17-7-2-3-8-20(17)33(30)31-27/h2-13,34H,28H2,1H3,(H2,27,29)(H,30,31);2-12,30,33H,26H2,1H3,(H2,25,28)(H,27,29);2-11,29,33H,27H2,1H3,(H3,25,26)(H,28,30);2-12,32H,27H2,1H3,(H3,25,26)(H,28,29)/b23-14+;21-13+;21-12+;21-13+. The molecule has 1 heterocycles. The van der Waals surface area contributed by atoms with Crippen LogP contribution in [0.15, 0.2) is 335 Å². The van der Waals surface area contributed by atoms with Crippen LogP contribution in [0.1, 0.15) is 66.6 Å². The van der Waals surface area contributed by atoms with Gasteiger partial charge < -0.3 is 54.5 Å². The number of fused-ring (bicyclic) bond motifs is 1. The number of phenolic OH excluding ortho intramolecular Hbond substituents is 1. The summed E-state index contributed by atoms with van der Waals surface area (Å²) in [6, 6.07) is 70.5. The molecule has 0 saturated carbocycles. The van der Waals surface area contributed by atoms with E-state index in [9.17, 15) is 54.3 Å². The van der Waals surface area contributed by atoms with Gasteiger partial charge in [0.05, 0.1) is 42.3 Å². The van der Waals surface area contributed by atoms with Crippen LogP contribution in [-0.4, -0.2) is 73.3 Å². The Morgan fingerprint density at radius 1 is 0.375 bits per heavy atom. The lowest BCUT2D eigenvalue weighted by Gasteiger charge is -2.13. The van der Waals surface area contributed by atoms with Crippen LogP contribution in [0.25, 0.3) is 77.6 Å². The fourth-order valence-corrected chi connectivity index (χ4v) is 16.7. The number of halogens is 4. The average molecular weight is 1990 g/mol. The van der Waals surface area contributed by atoms with E-state index in [0.29, 0.717) is 134 Å². The summed E-state index contributed by atoms with van der Waals surface area (Å²) < 4.78 is 126. The van der Waals surface area contributed by atoms with Gasteiger partial charge in [-0.2, -0.15) is 40.7 Å². The lowest BCUT2D eigenvalue weighted by molar-refractivity contribution is -0.114. The van der Waals surface area contributed by atoms with Crippen molar-refractivity contribution < 1.29 is 81.0 Å². The highest BCUT2D eigenvalue weighted by Gasteiger charge is 2.25. The third-order valence-corrected chi connectivity index (χ3v) is 25.2. The number of nitrogens with two attached hydrogens (primary N) is 8. The van der Waals surface area contributed by atoms with Crippen LogP contribution in [0.5, 0.6) is 5.75 Å². The molecule has 13 aromatic rings. The Kier molecular flexibility index (Phi) is 37.0. The molecule has 0 bridgehead atoms. The first kappa shape index (κ1) is 104. The average Bonchev–Trinajstić information content (AvgIpc) is 0.816. The number of aromatic nitrogens is 1. The molecule has 0 aliphatic carbocycles. The molecule has 136 heavy (non-hydrogen) atoms. The lowest BCUT2D eigenvalue weighted by atomic mass is 10.0. The minimum Gasteiger partial charge on any atom is -0.507 e. The summed E-state index contributed by atoms with van der Waals surface area (Å²) in [6.07, 6.45) is 1.60. The number of carbonyl (C=O) groups excluding carboxylic acids is 4. The maximum absolute atomic E-state index is 15.1. The largest absolute Gasteiger partial charge is 0.507 e. The molecule has 0 fully saturated rings. The van der Waals surface area contributed by atoms with Gasteiger partial charge in [-0.3, -0.25) is 30.0 Å². The molecule has 4 unspecified atom stereocenters. The van der Waals surface area contributed by atoms with Crippen LogP contribution in [0.4, 0.5) is 46.1 Å². The molecule has 30 nitrogen and oxygen atoms in total. The van der Waals surface area contributed by atoms with Crippen molar-refractivity contribution in [1.29, 1.82) is 10.8 Å². The predicted octanol–water partition coefficient (Wildman–Crippen LogP) is 17.1. The van der Waals surface area contributed by atoms with Crippen LogP contribution < -0.4 is 67.8 Å². The van der Waals surface area contributed by atoms with Crippen LogP contribution in [0.3, 0.4) is 0 Å². The molecular weight excluding hydrogens is 1910 g/mol. The summed E-state index contributed by atoms with van der Waals surface area (Å²) in [7, 11) is 0. The minimum atomic E-state index is -1.87. The van der Waals surface area contributed by atoms with Crippen molar-refractivity contribution in [2.24, 2.45) is 45.9 Å². The van der Waals surface area contributed by atoms with Crippen molar-refractivity contribution in [3.63, 3.8) is 0 Å². The zero-order valence-corrected chi connectivity index (χ0v) is 78.5. The number of pyridine rings is 1. The Morgan fingerprint density at radius 3 is 0.993 bits per heavy atom. The normalized spacial score (nSPS) is 12.8. The van der Waals surface area contributed by atoms with Crippen molar-refractivity contribution in [1.82, 2.24) is 4.98 Å². The molecule has 13 rings (SSSR count). The molecule has 0 aliphatic heterocycles. The van der Waals surface area contributed by atoms with Gasteiger partial charge in [-0.25, -0.2) is 39.4 Å². The van der Waals surface area contributed by atoms with Gasteiger partial charge in [-0.1, -0.05) is 151 Å². The number of thiol groups is 4. The van der Waals surface area contributed by atoms with Gasteiger partial charge in [0.1, 0.15) is 23.2 Å². The summed E-state index contributed by atoms with van der Waals surface area (Å²) in [4.78, 5) is 57.3. The smallest absolute Gasteiger partial charge is 0.284 e. The number of aromatic hydroxyl groups is 1. The monoisotopic (exact) mass is 1990 g/mol. The van der Waals surface area contributed by atoms with E-state index in [-0.39, 0.29) is 68.1 Å². The number of nitrogens with one attached hydrogen (secondary N) is 6. The number of anilines is 5. The van der Waals surface area contributed by atoms with Gasteiger partial charge in [0.2, 0.25) is 44.3 Å². The maximum Gasteiger partial charge on any atom is 0.284 e. The minimum absolute atomic E-state index is 0.0357. The first-order valence-electron chi connectivity index (χ1n) is 39.3. The third-order valence-electron chi connectivity index (χ3n) is 20.2. The van der Waals surface area contributed by atoms with E-state index in [4.69, 9.17) is 62.5 Å². The molecule has 0 radical (unpaired) electrons. The number of oxime groups is 1. The molecule has 0 aliphatic rings. The SMILES string of the molecule is C/C(=C(\F)C(=O)Nc1ccc(-c2ccccc2S(=O)ON)cc1S)c1cc(C(=N)N)ccc1O.C/C(=C(\F)C(=O)Nc1ccc(-c2ccccc2S(=O)ON)cc1S)c1ccc2ccnc(N)c2c1.C/C(=C(\F)C(=O)Nc1ccc(-c2ccccc2S(=O)ON)cc1S)c1cccc(/C(N)=N/O)c1.C/C(=C(\F)C(=O)Nc1ccc(-c2ccccc2S(=O)ON)cc1S)c1cccc(C(=N)N)c1. The Hall–Kier alpha value is -13.9. The lowest BCUT2D eigenvalue weighted by Crippen LogP contribution is -2.14. The van der Waals surface area contributed by atoms with Crippen LogP contribution >= 0.6 is 50.5 Å². The molecule has 0 spiro atoms. The second-order valence-corrected chi connectivity index (χ2v) is 35.0. The highest BCUT2D eigenvalue weighted by molar-refractivity contribution is 7.82. The predicted molar refractivity (Wildman–Crippen MR) is 534 cm³/mol. The van der Waals surface area contributed by atoms with Gasteiger partial charge in [0, 0.05) is 81.2 Å². The van der Waals surface area contributed by atoms with Crippen molar-refractivity contribution in [2.45, 2.75) is 66.9 Å². The molecule has 42 heteroatoms. The number of benzene rings is 12. The van der Waals surface area contributed by atoms with Gasteiger partial charge in [-0.05, 0) is 204 Å². The van der Waals surface area contributed by atoms with E-state index in [1.807, 2.05) is 0 Å². The number of rotatable bonds is 27. The van der Waals surface area contributed by atoms with E-state index in [0.717, 1.165) is 5.39 Å². The number of amidine groups is 3. The number of carbonyl (C=O) groups is 4. The number of nitrogen functional groups attached to an aromatic ring is 3. The van der Waals surface area contributed by atoms with Crippen LogP contribution in [0, 0.1) is 10.8 Å². The molecular formula is C94H84F4N16O14S8. The van der Waals surface area contributed by atoms with Crippen molar-refractivity contribution in [2.75, 3.05) is 27.0 Å². The maximum atomic E-state index is 15.1. The van der Waals surface area contributed by atoms with Crippen LogP contribution in [0.2, 0.25) is 0 Å². The zero-order chi connectivity index (χ0) is 99.1. The van der Waals surface area contributed by atoms with Gasteiger partial charge in [0.25, 0.3) is 23.6 Å². The van der Waals surface area contributed by atoms with Crippen molar-refractivity contribution >= 4 is 198 Å². The number of phenols is 1. The quantitative estimate of drug-likeness (QED) is 0.00432. The van der Waals surface area contributed by atoms with E-state index in [1.165, 1.54) is 64.1 Å². The molecule has 0 saturated heterocycles. The van der Waals surface area contributed by atoms with E-state index >= 15 is 4.39 Å². The van der Waals surface area contributed by atoms with Crippen molar-refractivity contribution in [3.05, 3.63) is 329 Å². The first-order chi connectivity index (χ1) is 64.9. The van der Waals surface area contributed by atoms with Crippen molar-refractivity contribution in [3.8, 4) is 50.3 Å².